The second-order valence-corrected chi connectivity index (χ2v) is 16.3. The highest BCUT2D eigenvalue weighted by Crippen LogP contribution is 2.48. The molecular formula is C58H39NS. The molecular weight excluding hydrogens is 743 g/mol. The Labute approximate surface area is 354 Å². The van der Waals surface area contributed by atoms with Gasteiger partial charge < -0.3 is 4.90 Å². The van der Waals surface area contributed by atoms with E-state index in [4.69, 9.17) is 0 Å². The Morgan fingerprint density at radius 1 is 0.267 bits per heavy atom. The van der Waals surface area contributed by atoms with Gasteiger partial charge in [-0.15, -0.1) is 11.3 Å². The van der Waals surface area contributed by atoms with Crippen molar-refractivity contribution < 1.29 is 0 Å². The van der Waals surface area contributed by atoms with E-state index in [-0.39, 0.29) is 0 Å². The van der Waals surface area contributed by atoms with Crippen LogP contribution in [0.5, 0.6) is 0 Å². The quantitative estimate of drug-likeness (QED) is 0.148. The minimum atomic E-state index is 1.09. The molecule has 0 N–H and O–H groups in total. The van der Waals surface area contributed by atoms with Crippen molar-refractivity contribution in [2.45, 2.75) is 0 Å². The summed E-state index contributed by atoms with van der Waals surface area (Å²) in [4.78, 5) is 2.46. The van der Waals surface area contributed by atoms with Crippen molar-refractivity contribution in [3.8, 4) is 55.6 Å². The normalized spacial score (nSPS) is 11.3. The molecule has 0 bridgehead atoms. The van der Waals surface area contributed by atoms with Gasteiger partial charge in [0.15, 0.2) is 0 Å². The second-order valence-electron chi connectivity index (χ2n) is 15.2. The predicted octanol–water partition coefficient (Wildman–Crippen LogP) is 17.0. The van der Waals surface area contributed by atoms with Crippen LogP contribution in [0.15, 0.2) is 237 Å². The highest BCUT2D eigenvalue weighted by atomic mass is 32.1. The molecule has 0 spiro atoms. The lowest BCUT2D eigenvalue weighted by atomic mass is 9.90. The van der Waals surface area contributed by atoms with E-state index in [2.05, 4.69) is 241 Å². The van der Waals surface area contributed by atoms with E-state index < -0.39 is 0 Å². The Kier molecular flexibility index (Phi) is 9.11. The van der Waals surface area contributed by atoms with Gasteiger partial charge in [-0.25, -0.2) is 0 Å². The summed E-state index contributed by atoms with van der Waals surface area (Å²) < 4.78 is 2.63. The SMILES string of the molecule is c1ccc(-c2ccc(-c3ccccc3N(c3ccc(-c4cccc5sc6ccccc6c45)cc3)c3ccccc3-c3cccc4cccc(-c5ccccc5)c34)cc2)cc1. The van der Waals surface area contributed by atoms with E-state index in [0.29, 0.717) is 0 Å². The third-order valence-electron chi connectivity index (χ3n) is 11.7. The summed E-state index contributed by atoms with van der Waals surface area (Å²) >= 11 is 1.86. The van der Waals surface area contributed by atoms with E-state index >= 15 is 0 Å². The molecule has 0 aliphatic heterocycles. The number of thiophene rings is 1. The molecule has 10 aromatic carbocycles. The number of hydrogen-bond acceptors (Lipinski definition) is 2. The maximum atomic E-state index is 2.46. The largest absolute Gasteiger partial charge is 0.309 e. The molecule has 1 aromatic heterocycles. The smallest absolute Gasteiger partial charge is 0.0540 e. The van der Waals surface area contributed by atoms with Crippen LogP contribution < -0.4 is 4.90 Å². The standard InChI is InChI=1S/C58H39NS/c1-3-16-40(17-4-1)41-32-34-43(35-33-41)47-22-7-10-28-53(47)59(46-38-36-44(37-39-46)49-26-15-31-56-58(49)52-24-9-12-30-55(52)60-56)54-29-11-8-23-50(54)51-27-14-21-45-20-13-25-48(57(45)51)42-18-5-2-6-19-42/h1-39H. The molecule has 282 valence electrons. The van der Waals surface area contributed by atoms with Crippen LogP contribution >= 0.6 is 11.3 Å². The van der Waals surface area contributed by atoms with Gasteiger partial charge in [0.25, 0.3) is 0 Å². The minimum absolute atomic E-state index is 1.09. The van der Waals surface area contributed by atoms with Gasteiger partial charge >= 0.3 is 0 Å². The number of nitrogens with zero attached hydrogens (tertiary/aromatic N) is 1. The zero-order valence-electron chi connectivity index (χ0n) is 32.9. The van der Waals surface area contributed by atoms with Crippen LogP contribution in [0, 0.1) is 0 Å². The van der Waals surface area contributed by atoms with Gasteiger partial charge in [-0.1, -0.05) is 200 Å². The molecule has 0 saturated heterocycles. The molecule has 0 aliphatic carbocycles. The van der Waals surface area contributed by atoms with Gasteiger partial charge in [-0.3, -0.25) is 0 Å². The molecule has 0 atom stereocenters. The van der Waals surface area contributed by atoms with Crippen LogP contribution in [-0.4, -0.2) is 0 Å². The maximum absolute atomic E-state index is 2.46. The van der Waals surface area contributed by atoms with E-state index in [1.165, 1.54) is 75.5 Å². The van der Waals surface area contributed by atoms with Crippen molar-refractivity contribution in [2.75, 3.05) is 4.90 Å². The summed E-state index contributed by atoms with van der Waals surface area (Å²) in [6.45, 7) is 0. The van der Waals surface area contributed by atoms with Crippen LogP contribution in [0.1, 0.15) is 0 Å². The van der Waals surface area contributed by atoms with Crippen molar-refractivity contribution >= 4 is 59.3 Å². The molecule has 1 nitrogen and oxygen atoms in total. The Bertz CT molecular complexity index is 3290. The molecule has 0 amide bonds. The summed E-state index contributed by atoms with van der Waals surface area (Å²) in [6, 6.07) is 86.2. The summed E-state index contributed by atoms with van der Waals surface area (Å²) in [7, 11) is 0. The maximum Gasteiger partial charge on any atom is 0.0540 e. The number of benzene rings is 10. The topological polar surface area (TPSA) is 3.24 Å². The van der Waals surface area contributed by atoms with E-state index in [0.717, 1.165) is 28.2 Å². The van der Waals surface area contributed by atoms with Gasteiger partial charge in [0, 0.05) is 37.0 Å². The summed E-state index contributed by atoms with van der Waals surface area (Å²) in [5, 5.41) is 5.09. The zero-order valence-corrected chi connectivity index (χ0v) is 33.7. The van der Waals surface area contributed by atoms with Crippen molar-refractivity contribution in [2.24, 2.45) is 0 Å². The lowest BCUT2D eigenvalue weighted by molar-refractivity contribution is 1.28. The molecule has 0 aliphatic rings. The average Bonchev–Trinajstić information content (AvgIpc) is 3.72. The van der Waals surface area contributed by atoms with Crippen molar-refractivity contribution in [3.63, 3.8) is 0 Å². The fourth-order valence-electron chi connectivity index (χ4n) is 8.92. The molecule has 0 radical (unpaired) electrons. The van der Waals surface area contributed by atoms with Gasteiger partial charge in [0.1, 0.15) is 0 Å². The zero-order chi connectivity index (χ0) is 39.8. The number of anilines is 3. The first-order valence-electron chi connectivity index (χ1n) is 20.5. The van der Waals surface area contributed by atoms with Gasteiger partial charge in [-0.2, -0.15) is 0 Å². The Hall–Kier alpha value is -7.52. The lowest BCUT2D eigenvalue weighted by Gasteiger charge is -2.30. The van der Waals surface area contributed by atoms with Gasteiger partial charge in [-0.05, 0) is 91.7 Å². The molecule has 0 saturated carbocycles. The highest BCUT2D eigenvalue weighted by Gasteiger charge is 2.22. The molecule has 60 heavy (non-hydrogen) atoms. The third-order valence-corrected chi connectivity index (χ3v) is 12.8. The Morgan fingerprint density at radius 2 is 0.717 bits per heavy atom. The summed E-state index contributed by atoms with van der Waals surface area (Å²) in [5.41, 5.74) is 15.3. The number of rotatable bonds is 8. The molecule has 0 fully saturated rings. The van der Waals surface area contributed by atoms with Crippen molar-refractivity contribution in [3.05, 3.63) is 237 Å². The average molecular weight is 782 g/mol. The van der Waals surface area contributed by atoms with Gasteiger partial charge in [0.05, 0.1) is 11.4 Å². The summed E-state index contributed by atoms with van der Waals surface area (Å²) in [5.74, 6) is 0. The predicted molar refractivity (Wildman–Crippen MR) is 259 cm³/mol. The fourth-order valence-corrected chi connectivity index (χ4v) is 10.1. The van der Waals surface area contributed by atoms with Crippen LogP contribution in [0.4, 0.5) is 17.1 Å². The fraction of sp³-hybridized carbons (Fsp3) is 0. The van der Waals surface area contributed by atoms with E-state index in [1.807, 2.05) is 11.3 Å². The lowest BCUT2D eigenvalue weighted by Crippen LogP contribution is -2.12. The summed E-state index contributed by atoms with van der Waals surface area (Å²) in [6.07, 6.45) is 0. The first-order chi connectivity index (χ1) is 29.8. The van der Waals surface area contributed by atoms with E-state index in [9.17, 15) is 0 Å². The molecule has 11 rings (SSSR count). The van der Waals surface area contributed by atoms with Crippen LogP contribution in [0.2, 0.25) is 0 Å². The molecule has 2 heteroatoms. The molecule has 1 heterocycles. The first kappa shape index (κ1) is 35.6. The number of hydrogen-bond donors (Lipinski definition) is 0. The minimum Gasteiger partial charge on any atom is -0.309 e. The molecule has 0 unspecified atom stereocenters. The van der Waals surface area contributed by atoms with Crippen LogP contribution in [0.25, 0.3) is 86.6 Å². The Morgan fingerprint density at radius 3 is 1.45 bits per heavy atom. The van der Waals surface area contributed by atoms with Gasteiger partial charge in [0.2, 0.25) is 0 Å². The molecule has 11 aromatic rings. The second kappa shape index (κ2) is 15.3. The monoisotopic (exact) mass is 781 g/mol. The number of fused-ring (bicyclic) bond motifs is 4. The highest BCUT2D eigenvalue weighted by molar-refractivity contribution is 7.25. The number of para-hydroxylation sites is 2. The van der Waals surface area contributed by atoms with Crippen molar-refractivity contribution in [1.82, 2.24) is 0 Å². The van der Waals surface area contributed by atoms with E-state index in [1.54, 1.807) is 0 Å². The van der Waals surface area contributed by atoms with Crippen molar-refractivity contribution in [1.29, 1.82) is 0 Å². The Balaban J connectivity index is 1.11. The van der Waals surface area contributed by atoms with Crippen LogP contribution in [0.3, 0.4) is 0 Å². The third kappa shape index (κ3) is 6.35. The van der Waals surface area contributed by atoms with Crippen LogP contribution in [-0.2, 0) is 0 Å². The first-order valence-corrected chi connectivity index (χ1v) is 21.3.